The Morgan fingerprint density at radius 1 is 1.25 bits per heavy atom. The van der Waals surface area contributed by atoms with Gasteiger partial charge in [-0.25, -0.2) is 0 Å². The van der Waals surface area contributed by atoms with Crippen molar-refractivity contribution in [2.75, 3.05) is 31.6 Å². The van der Waals surface area contributed by atoms with E-state index < -0.39 is 0 Å². The molecular formula is C16H23BrN2O. The van der Waals surface area contributed by atoms with Crippen LogP contribution in [-0.2, 0) is 0 Å². The minimum absolute atomic E-state index is 0.535. The van der Waals surface area contributed by atoms with Crippen LogP contribution in [0.5, 0.6) is 5.75 Å². The maximum atomic E-state index is 5.56. The predicted octanol–water partition coefficient (Wildman–Crippen LogP) is 3.52. The standard InChI is InChI=1S/C16H23BrN2O/c1-12-10-18-8-4-3-5-14(18)11-19(12)15-9-13(17)6-7-16(15)20-2/h6-7,9,12,14H,3-5,8,10-11H2,1-2H3. The molecule has 0 saturated carbocycles. The maximum absolute atomic E-state index is 5.56. The molecule has 0 bridgehead atoms. The van der Waals surface area contributed by atoms with E-state index in [-0.39, 0.29) is 0 Å². The number of rotatable bonds is 2. The summed E-state index contributed by atoms with van der Waals surface area (Å²) in [5.41, 5.74) is 1.22. The van der Waals surface area contributed by atoms with Crippen molar-refractivity contribution in [3.63, 3.8) is 0 Å². The van der Waals surface area contributed by atoms with Crippen LogP contribution in [0.1, 0.15) is 26.2 Å². The van der Waals surface area contributed by atoms with E-state index in [9.17, 15) is 0 Å². The molecule has 0 radical (unpaired) electrons. The molecule has 0 amide bonds. The Balaban J connectivity index is 1.87. The number of ether oxygens (including phenoxy) is 1. The zero-order chi connectivity index (χ0) is 14.1. The Bertz CT molecular complexity index is 480. The summed E-state index contributed by atoms with van der Waals surface area (Å²) in [5, 5.41) is 0. The summed E-state index contributed by atoms with van der Waals surface area (Å²) in [5.74, 6) is 0.976. The van der Waals surface area contributed by atoms with Gasteiger partial charge in [0, 0.05) is 29.6 Å². The molecule has 2 atom stereocenters. The fraction of sp³-hybridized carbons (Fsp3) is 0.625. The first-order chi connectivity index (χ1) is 9.69. The van der Waals surface area contributed by atoms with Gasteiger partial charge < -0.3 is 9.64 Å². The zero-order valence-electron chi connectivity index (χ0n) is 12.3. The summed E-state index contributed by atoms with van der Waals surface area (Å²) in [6.45, 7) is 5.89. The minimum atomic E-state index is 0.535. The highest BCUT2D eigenvalue weighted by Crippen LogP contribution is 2.35. The van der Waals surface area contributed by atoms with Crippen LogP contribution in [0.25, 0.3) is 0 Å². The van der Waals surface area contributed by atoms with E-state index in [4.69, 9.17) is 4.74 Å². The van der Waals surface area contributed by atoms with Crippen molar-refractivity contribution in [1.82, 2.24) is 4.90 Å². The van der Waals surface area contributed by atoms with Gasteiger partial charge in [0.15, 0.2) is 0 Å². The molecule has 3 rings (SSSR count). The van der Waals surface area contributed by atoms with E-state index in [0.717, 1.165) is 16.8 Å². The van der Waals surface area contributed by atoms with Crippen LogP contribution in [0.4, 0.5) is 5.69 Å². The summed E-state index contributed by atoms with van der Waals surface area (Å²) in [6, 6.07) is 7.54. The second-order valence-electron chi connectivity index (χ2n) is 5.96. The maximum Gasteiger partial charge on any atom is 0.142 e. The summed E-state index contributed by atoms with van der Waals surface area (Å²) in [4.78, 5) is 5.20. The lowest BCUT2D eigenvalue weighted by Crippen LogP contribution is -2.58. The molecule has 20 heavy (non-hydrogen) atoms. The third-order valence-electron chi connectivity index (χ3n) is 4.64. The van der Waals surface area contributed by atoms with E-state index in [1.165, 1.54) is 38.0 Å². The number of piperidine rings is 1. The Labute approximate surface area is 130 Å². The molecule has 0 N–H and O–H groups in total. The number of methoxy groups -OCH3 is 1. The smallest absolute Gasteiger partial charge is 0.142 e. The second kappa shape index (κ2) is 5.94. The van der Waals surface area contributed by atoms with E-state index in [1.807, 2.05) is 6.07 Å². The van der Waals surface area contributed by atoms with Crippen LogP contribution >= 0.6 is 15.9 Å². The van der Waals surface area contributed by atoms with Gasteiger partial charge in [0.1, 0.15) is 5.75 Å². The first kappa shape index (κ1) is 14.2. The number of piperazine rings is 1. The van der Waals surface area contributed by atoms with Gasteiger partial charge in [0.25, 0.3) is 0 Å². The van der Waals surface area contributed by atoms with Gasteiger partial charge in [-0.1, -0.05) is 22.4 Å². The Morgan fingerprint density at radius 2 is 2.10 bits per heavy atom. The van der Waals surface area contributed by atoms with Crippen LogP contribution in [0.3, 0.4) is 0 Å². The number of halogens is 1. The van der Waals surface area contributed by atoms with Crippen molar-refractivity contribution in [1.29, 1.82) is 0 Å². The number of nitrogens with zero attached hydrogens (tertiary/aromatic N) is 2. The molecule has 3 nitrogen and oxygen atoms in total. The molecule has 2 aliphatic heterocycles. The summed E-state index contributed by atoms with van der Waals surface area (Å²) in [6.07, 6.45) is 4.07. The van der Waals surface area contributed by atoms with Gasteiger partial charge in [0.2, 0.25) is 0 Å². The molecule has 2 heterocycles. The van der Waals surface area contributed by atoms with Crippen molar-refractivity contribution in [2.24, 2.45) is 0 Å². The Hall–Kier alpha value is -0.740. The minimum Gasteiger partial charge on any atom is -0.495 e. The van der Waals surface area contributed by atoms with Gasteiger partial charge in [-0.15, -0.1) is 0 Å². The zero-order valence-corrected chi connectivity index (χ0v) is 13.9. The van der Waals surface area contributed by atoms with E-state index >= 15 is 0 Å². The average molecular weight is 339 g/mol. The molecular weight excluding hydrogens is 316 g/mol. The van der Waals surface area contributed by atoms with Crippen molar-refractivity contribution >= 4 is 21.6 Å². The molecule has 1 aromatic rings. The SMILES string of the molecule is COc1ccc(Br)cc1N1CC2CCCCN2CC1C. The second-order valence-corrected chi connectivity index (χ2v) is 6.88. The number of hydrogen-bond donors (Lipinski definition) is 0. The highest BCUT2D eigenvalue weighted by molar-refractivity contribution is 9.10. The van der Waals surface area contributed by atoms with E-state index in [2.05, 4.69) is 44.8 Å². The van der Waals surface area contributed by atoms with Crippen molar-refractivity contribution in [3.05, 3.63) is 22.7 Å². The molecule has 0 spiro atoms. The lowest BCUT2D eigenvalue weighted by Gasteiger charge is -2.48. The van der Waals surface area contributed by atoms with Gasteiger partial charge in [-0.2, -0.15) is 0 Å². The number of anilines is 1. The highest BCUT2D eigenvalue weighted by Gasteiger charge is 2.33. The molecule has 2 saturated heterocycles. The van der Waals surface area contributed by atoms with Crippen LogP contribution in [0.2, 0.25) is 0 Å². The van der Waals surface area contributed by atoms with Crippen LogP contribution in [-0.4, -0.2) is 43.7 Å². The average Bonchev–Trinajstić information content (AvgIpc) is 2.46. The third-order valence-corrected chi connectivity index (χ3v) is 5.13. The van der Waals surface area contributed by atoms with Crippen LogP contribution < -0.4 is 9.64 Å². The highest BCUT2D eigenvalue weighted by atomic mass is 79.9. The molecule has 2 unspecified atom stereocenters. The lowest BCUT2D eigenvalue weighted by molar-refractivity contribution is 0.115. The van der Waals surface area contributed by atoms with Crippen molar-refractivity contribution < 1.29 is 4.74 Å². The number of benzene rings is 1. The normalized spacial score (nSPS) is 27.2. The number of hydrogen-bond acceptors (Lipinski definition) is 3. The Kier molecular flexibility index (Phi) is 4.22. The monoisotopic (exact) mass is 338 g/mol. The van der Waals surface area contributed by atoms with Crippen LogP contribution in [0.15, 0.2) is 22.7 Å². The van der Waals surface area contributed by atoms with E-state index in [1.54, 1.807) is 7.11 Å². The third kappa shape index (κ3) is 2.68. The molecule has 0 aromatic heterocycles. The van der Waals surface area contributed by atoms with Crippen molar-refractivity contribution in [2.45, 2.75) is 38.3 Å². The first-order valence-corrected chi connectivity index (χ1v) is 8.32. The molecule has 2 fully saturated rings. The fourth-order valence-corrected chi connectivity index (χ4v) is 3.92. The van der Waals surface area contributed by atoms with E-state index in [0.29, 0.717) is 12.1 Å². The van der Waals surface area contributed by atoms with Crippen LogP contribution in [0, 0.1) is 0 Å². The molecule has 4 heteroatoms. The first-order valence-electron chi connectivity index (χ1n) is 7.53. The molecule has 110 valence electrons. The summed E-state index contributed by atoms with van der Waals surface area (Å²) in [7, 11) is 1.76. The number of fused-ring (bicyclic) bond motifs is 1. The topological polar surface area (TPSA) is 15.7 Å². The quantitative estimate of drug-likeness (QED) is 0.820. The van der Waals surface area contributed by atoms with Gasteiger partial charge in [-0.05, 0) is 44.5 Å². The summed E-state index contributed by atoms with van der Waals surface area (Å²) >= 11 is 3.59. The predicted molar refractivity (Wildman–Crippen MR) is 86.7 cm³/mol. The summed E-state index contributed by atoms with van der Waals surface area (Å²) < 4.78 is 6.68. The van der Waals surface area contributed by atoms with Gasteiger partial charge in [0.05, 0.1) is 12.8 Å². The molecule has 2 aliphatic rings. The molecule has 0 aliphatic carbocycles. The van der Waals surface area contributed by atoms with Gasteiger partial charge in [-0.3, -0.25) is 4.90 Å². The largest absolute Gasteiger partial charge is 0.495 e. The lowest BCUT2D eigenvalue weighted by atomic mass is 9.96. The van der Waals surface area contributed by atoms with Gasteiger partial charge >= 0.3 is 0 Å². The van der Waals surface area contributed by atoms with Crippen molar-refractivity contribution in [3.8, 4) is 5.75 Å². The fourth-order valence-electron chi connectivity index (χ4n) is 3.58. The molecule has 1 aromatic carbocycles. The Morgan fingerprint density at radius 3 is 2.90 bits per heavy atom.